The summed E-state index contributed by atoms with van der Waals surface area (Å²) in [6, 6.07) is 0. The molecule has 134 valence electrons. The number of carboxylic acid groups (broad SMARTS) is 1. The molecule has 0 amide bonds. The lowest BCUT2D eigenvalue weighted by Gasteiger charge is -2.15. The topological polar surface area (TPSA) is 74.6 Å². The number of carbonyl (C=O) groups excluding carboxylic acids is 1. The molecule has 0 heterocycles. The van der Waals surface area contributed by atoms with E-state index in [0.717, 1.165) is 50.5 Å². The zero-order valence-corrected chi connectivity index (χ0v) is 14.7. The molecule has 0 aromatic rings. The second-order valence-electron chi connectivity index (χ2n) is 6.44. The van der Waals surface area contributed by atoms with Crippen LogP contribution in [0.5, 0.6) is 0 Å². The van der Waals surface area contributed by atoms with Gasteiger partial charge in [0.1, 0.15) is 5.78 Å². The van der Waals surface area contributed by atoms with Crippen molar-refractivity contribution in [1.82, 2.24) is 0 Å². The van der Waals surface area contributed by atoms with Crippen LogP contribution in [-0.4, -0.2) is 28.1 Å². The molecule has 1 aliphatic carbocycles. The van der Waals surface area contributed by atoms with Crippen LogP contribution in [0.4, 0.5) is 0 Å². The predicted octanol–water partition coefficient (Wildman–Crippen LogP) is 4.19. The average molecular weight is 334 g/mol. The van der Waals surface area contributed by atoms with Gasteiger partial charge in [-0.25, -0.2) is 0 Å². The monoisotopic (exact) mass is 334 g/mol. The van der Waals surface area contributed by atoms with Gasteiger partial charge >= 0.3 is 5.97 Å². The van der Waals surface area contributed by atoms with Gasteiger partial charge in [0, 0.05) is 12.3 Å². The highest BCUT2D eigenvalue weighted by Crippen LogP contribution is 2.31. The third-order valence-electron chi connectivity index (χ3n) is 4.42. The minimum Gasteiger partial charge on any atom is -0.481 e. The first kappa shape index (κ1) is 20.4. The first-order chi connectivity index (χ1) is 11.5. The van der Waals surface area contributed by atoms with E-state index >= 15 is 0 Å². The molecule has 0 aliphatic heterocycles. The SMILES string of the molecule is CCCCC[C@@H](O)CCC1=CCC(=O)[C@@H]1CCC=C=CCC(=O)O. The van der Waals surface area contributed by atoms with E-state index in [2.05, 4.69) is 12.7 Å². The normalized spacial score (nSPS) is 18.0. The molecule has 0 fully saturated rings. The van der Waals surface area contributed by atoms with Crippen molar-refractivity contribution in [3.8, 4) is 0 Å². The molecular weight excluding hydrogens is 304 g/mol. The minimum absolute atomic E-state index is 0.0278. The van der Waals surface area contributed by atoms with Crippen molar-refractivity contribution in [2.75, 3.05) is 0 Å². The standard InChI is InChI=1S/C20H30O4/c1-2-3-6-9-17(21)14-12-16-13-15-19(22)18(16)10-7-4-5-8-11-20(23)24/h4,8,13,17-18,21H,2-3,6-7,9-12,14-15H2,1H3,(H,23,24)/t5?,17-,18-/m1/s1. The van der Waals surface area contributed by atoms with Crippen molar-refractivity contribution >= 4 is 11.8 Å². The van der Waals surface area contributed by atoms with E-state index in [-0.39, 0.29) is 24.2 Å². The summed E-state index contributed by atoms with van der Waals surface area (Å²) < 4.78 is 0. The van der Waals surface area contributed by atoms with E-state index in [1.165, 1.54) is 6.08 Å². The van der Waals surface area contributed by atoms with E-state index < -0.39 is 5.97 Å². The number of unbranched alkanes of at least 4 members (excludes halogenated alkanes) is 2. The number of carbonyl (C=O) groups is 2. The maximum atomic E-state index is 12.0. The van der Waals surface area contributed by atoms with Gasteiger partial charge in [-0.3, -0.25) is 9.59 Å². The second-order valence-corrected chi connectivity index (χ2v) is 6.44. The largest absolute Gasteiger partial charge is 0.481 e. The number of hydrogen-bond donors (Lipinski definition) is 2. The Bertz CT molecular complexity index is 498. The zero-order chi connectivity index (χ0) is 17.8. The Hall–Kier alpha value is -1.64. The lowest BCUT2D eigenvalue weighted by molar-refractivity contribution is -0.136. The molecule has 2 atom stereocenters. The van der Waals surface area contributed by atoms with Crippen LogP contribution >= 0.6 is 0 Å². The van der Waals surface area contributed by atoms with Crippen LogP contribution in [-0.2, 0) is 9.59 Å². The van der Waals surface area contributed by atoms with E-state index in [9.17, 15) is 14.7 Å². The van der Waals surface area contributed by atoms with E-state index in [1.807, 2.05) is 6.08 Å². The number of ketones is 1. The van der Waals surface area contributed by atoms with Gasteiger partial charge in [-0.1, -0.05) is 37.8 Å². The second kappa shape index (κ2) is 11.8. The van der Waals surface area contributed by atoms with Gasteiger partial charge in [0.2, 0.25) is 0 Å². The first-order valence-electron chi connectivity index (χ1n) is 9.05. The van der Waals surface area contributed by atoms with Crippen molar-refractivity contribution in [3.05, 3.63) is 29.5 Å². The molecule has 0 saturated carbocycles. The summed E-state index contributed by atoms with van der Waals surface area (Å²) in [6.07, 6.45) is 12.7. The Kier molecular flexibility index (Phi) is 10.1. The summed E-state index contributed by atoms with van der Waals surface area (Å²) in [6.45, 7) is 2.15. The lowest BCUT2D eigenvalue weighted by atomic mass is 9.91. The third kappa shape index (κ3) is 8.28. The molecule has 0 radical (unpaired) electrons. The van der Waals surface area contributed by atoms with Crippen LogP contribution in [0.3, 0.4) is 0 Å². The van der Waals surface area contributed by atoms with E-state index in [1.54, 1.807) is 6.08 Å². The molecule has 24 heavy (non-hydrogen) atoms. The summed E-state index contributed by atoms with van der Waals surface area (Å²) in [7, 11) is 0. The number of rotatable bonds is 12. The Morgan fingerprint density at radius 2 is 2.17 bits per heavy atom. The Morgan fingerprint density at radius 1 is 1.38 bits per heavy atom. The van der Waals surface area contributed by atoms with Crippen LogP contribution in [0.2, 0.25) is 0 Å². The number of carboxylic acids is 1. The maximum absolute atomic E-state index is 12.0. The predicted molar refractivity (Wildman–Crippen MR) is 94.7 cm³/mol. The molecule has 0 spiro atoms. The summed E-state index contributed by atoms with van der Waals surface area (Å²) in [5.74, 6) is -0.650. The minimum atomic E-state index is -0.871. The van der Waals surface area contributed by atoms with Crippen molar-refractivity contribution in [1.29, 1.82) is 0 Å². The number of aliphatic hydroxyl groups is 1. The Labute approximate surface area is 145 Å². The van der Waals surface area contributed by atoms with Gasteiger partial charge in [-0.05, 0) is 44.3 Å². The third-order valence-corrected chi connectivity index (χ3v) is 4.42. The molecule has 0 aromatic heterocycles. The smallest absolute Gasteiger partial charge is 0.307 e. The van der Waals surface area contributed by atoms with Gasteiger partial charge in [-0.15, -0.1) is 5.73 Å². The molecule has 4 heteroatoms. The molecule has 1 aliphatic rings. The lowest BCUT2D eigenvalue weighted by Crippen LogP contribution is -2.13. The van der Waals surface area contributed by atoms with Gasteiger partial charge in [-0.2, -0.15) is 0 Å². The van der Waals surface area contributed by atoms with Crippen LogP contribution < -0.4 is 0 Å². The van der Waals surface area contributed by atoms with Gasteiger partial charge in [0.05, 0.1) is 12.5 Å². The van der Waals surface area contributed by atoms with Crippen molar-refractivity contribution in [2.45, 2.75) is 77.2 Å². The first-order valence-corrected chi connectivity index (χ1v) is 9.05. The molecule has 0 unspecified atom stereocenters. The maximum Gasteiger partial charge on any atom is 0.307 e. The molecule has 0 aromatic carbocycles. The molecule has 1 rings (SSSR count). The zero-order valence-electron chi connectivity index (χ0n) is 14.7. The number of aliphatic carboxylic acids is 1. The fourth-order valence-electron chi connectivity index (χ4n) is 3.02. The number of Topliss-reactive ketones (excluding diaryl/α,β-unsaturated/α-hetero) is 1. The quantitative estimate of drug-likeness (QED) is 0.319. The van der Waals surface area contributed by atoms with Crippen LogP contribution in [0.15, 0.2) is 29.5 Å². The number of allylic oxidation sites excluding steroid dienone is 2. The van der Waals surface area contributed by atoms with Crippen molar-refractivity contribution < 1.29 is 19.8 Å². The average Bonchev–Trinajstić information content (AvgIpc) is 2.89. The van der Waals surface area contributed by atoms with Crippen LogP contribution in [0, 0.1) is 5.92 Å². The summed E-state index contributed by atoms with van der Waals surface area (Å²) in [5.41, 5.74) is 4.01. The highest BCUT2D eigenvalue weighted by Gasteiger charge is 2.26. The summed E-state index contributed by atoms with van der Waals surface area (Å²) >= 11 is 0. The Morgan fingerprint density at radius 3 is 2.88 bits per heavy atom. The van der Waals surface area contributed by atoms with Gasteiger partial charge in [0.15, 0.2) is 0 Å². The van der Waals surface area contributed by atoms with E-state index in [4.69, 9.17) is 5.11 Å². The fourth-order valence-corrected chi connectivity index (χ4v) is 3.02. The molecule has 0 bridgehead atoms. The summed E-state index contributed by atoms with van der Waals surface area (Å²) in [5, 5.41) is 18.6. The molecular formula is C20H30O4. The van der Waals surface area contributed by atoms with Crippen molar-refractivity contribution in [3.63, 3.8) is 0 Å². The summed E-state index contributed by atoms with van der Waals surface area (Å²) in [4.78, 5) is 22.4. The molecule has 4 nitrogen and oxygen atoms in total. The van der Waals surface area contributed by atoms with E-state index in [0.29, 0.717) is 12.8 Å². The number of aliphatic hydroxyl groups excluding tert-OH is 1. The number of hydrogen-bond acceptors (Lipinski definition) is 3. The fraction of sp³-hybridized carbons (Fsp3) is 0.650. The molecule has 0 saturated heterocycles. The van der Waals surface area contributed by atoms with Crippen LogP contribution in [0.1, 0.15) is 71.1 Å². The van der Waals surface area contributed by atoms with Crippen LogP contribution in [0.25, 0.3) is 0 Å². The Balaban J connectivity index is 2.35. The highest BCUT2D eigenvalue weighted by molar-refractivity contribution is 5.88. The van der Waals surface area contributed by atoms with Crippen molar-refractivity contribution in [2.24, 2.45) is 5.92 Å². The van der Waals surface area contributed by atoms with Gasteiger partial charge in [0.25, 0.3) is 0 Å². The van der Waals surface area contributed by atoms with Gasteiger partial charge < -0.3 is 10.2 Å². The highest BCUT2D eigenvalue weighted by atomic mass is 16.4. The molecule has 2 N–H and O–H groups in total.